The number of amides is 1. The molecule has 5 rings (SSSR count). The molecule has 1 amide bonds. The average molecular weight is 454 g/mol. The number of likely N-dealkylation sites (tertiary alicyclic amines) is 1. The second kappa shape index (κ2) is 9.27. The van der Waals surface area contributed by atoms with Gasteiger partial charge in [0.2, 0.25) is 5.91 Å². The number of nitrogens with one attached hydrogen (secondary N) is 3. The number of nitrogens with zero attached hydrogens (tertiary/aromatic N) is 4. The molecular formula is C22H27N7O2S. The molecule has 0 saturated carbocycles. The molecule has 2 aromatic rings. The molecule has 3 aliphatic heterocycles. The number of pyridine rings is 1. The van der Waals surface area contributed by atoms with Gasteiger partial charge in [0.15, 0.2) is 5.13 Å². The van der Waals surface area contributed by atoms with Gasteiger partial charge < -0.3 is 25.6 Å². The Morgan fingerprint density at radius 1 is 1.28 bits per heavy atom. The summed E-state index contributed by atoms with van der Waals surface area (Å²) in [4.78, 5) is 25.3. The van der Waals surface area contributed by atoms with Gasteiger partial charge in [-0.25, -0.2) is 9.97 Å². The molecule has 3 N–H and O–H groups in total. The van der Waals surface area contributed by atoms with Crippen molar-refractivity contribution in [1.29, 1.82) is 0 Å². The summed E-state index contributed by atoms with van der Waals surface area (Å²) in [6, 6.07) is 4.36. The number of aromatic nitrogens is 2. The van der Waals surface area contributed by atoms with Crippen molar-refractivity contribution in [1.82, 2.24) is 19.8 Å². The third kappa shape index (κ3) is 4.77. The molecule has 168 valence electrons. The van der Waals surface area contributed by atoms with Crippen LogP contribution in [0, 0.1) is 0 Å². The lowest BCUT2D eigenvalue weighted by Gasteiger charge is -2.39. The molecule has 9 nitrogen and oxygen atoms in total. The third-order valence-electron chi connectivity index (χ3n) is 5.66. The largest absolute Gasteiger partial charge is 0.379 e. The normalized spacial score (nSPS) is 18.4. The second-order valence-corrected chi connectivity index (χ2v) is 9.06. The summed E-state index contributed by atoms with van der Waals surface area (Å²) in [5, 5.41) is 12.1. The van der Waals surface area contributed by atoms with E-state index in [0.717, 1.165) is 66.9 Å². The lowest BCUT2D eigenvalue weighted by molar-refractivity contribution is -0.129. The van der Waals surface area contributed by atoms with Gasteiger partial charge in [-0.3, -0.25) is 9.69 Å². The fourth-order valence-electron chi connectivity index (χ4n) is 3.98. The lowest BCUT2D eigenvalue weighted by Crippen LogP contribution is -2.56. The Morgan fingerprint density at radius 3 is 2.88 bits per heavy atom. The van der Waals surface area contributed by atoms with Crippen LogP contribution in [0.3, 0.4) is 0 Å². The summed E-state index contributed by atoms with van der Waals surface area (Å²) in [5.74, 6) is 1.52. The number of thiazole rings is 1. The molecule has 2 aromatic heterocycles. The van der Waals surface area contributed by atoms with Gasteiger partial charge in [0, 0.05) is 39.3 Å². The molecule has 0 radical (unpaired) electrons. The van der Waals surface area contributed by atoms with Crippen LogP contribution in [-0.2, 0) is 16.1 Å². The number of ether oxygens (including phenoxy) is 1. The first-order chi connectivity index (χ1) is 15.7. The minimum atomic E-state index is -0.0326. The average Bonchev–Trinajstić information content (AvgIpc) is 3.18. The standard InChI is InChI=1S/C22H27N7O2S/c1-2-20(30)29-13-16(14-29)24-18-10-15(12-28-6-8-31-9-7-28)11-19(26-18)27-22-25-17-4-3-5-23-21(17)32-22/h2-4,10-11,16,23H,1,5-9,12-14H2,(H2,24,25,26,27). The van der Waals surface area contributed by atoms with Gasteiger partial charge in [-0.15, -0.1) is 0 Å². The van der Waals surface area contributed by atoms with E-state index in [0.29, 0.717) is 13.1 Å². The first-order valence-electron chi connectivity index (χ1n) is 10.8. The van der Waals surface area contributed by atoms with Crippen molar-refractivity contribution in [2.45, 2.75) is 12.6 Å². The molecule has 2 fully saturated rings. The van der Waals surface area contributed by atoms with E-state index >= 15 is 0 Å². The highest BCUT2D eigenvalue weighted by molar-refractivity contribution is 7.19. The maximum atomic E-state index is 11.7. The van der Waals surface area contributed by atoms with Gasteiger partial charge in [0.05, 0.1) is 24.9 Å². The summed E-state index contributed by atoms with van der Waals surface area (Å²) in [5.41, 5.74) is 2.12. The fraction of sp³-hybridized carbons (Fsp3) is 0.409. The van der Waals surface area contributed by atoms with E-state index in [1.807, 2.05) is 6.08 Å². The van der Waals surface area contributed by atoms with Crippen LogP contribution in [0.5, 0.6) is 0 Å². The molecule has 0 atom stereocenters. The summed E-state index contributed by atoms with van der Waals surface area (Å²) >= 11 is 1.59. The maximum absolute atomic E-state index is 11.7. The summed E-state index contributed by atoms with van der Waals surface area (Å²) in [6.07, 6.45) is 5.46. The first-order valence-corrected chi connectivity index (χ1v) is 11.6. The number of rotatable bonds is 7. The molecular weight excluding hydrogens is 426 g/mol. The van der Waals surface area contributed by atoms with Crippen molar-refractivity contribution >= 4 is 45.1 Å². The van der Waals surface area contributed by atoms with E-state index in [1.165, 1.54) is 11.6 Å². The van der Waals surface area contributed by atoms with E-state index in [1.54, 1.807) is 16.2 Å². The van der Waals surface area contributed by atoms with Gasteiger partial charge in [-0.2, -0.15) is 0 Å². The highest BCUT2D eigenvalue weighted by atomic mass is 32.1. The Bertz CT molecular complexity index is 1030. The molecule has 0 unspecified atom stereocenters. The second-order valence-electron chi connectivity index (χ2n) is 8.06. The van der Waals surface area contributed by atoms with Crippen molar-refractivity contribution in [3.8, 4) is 0 Å². The Balaban J connectivity index is 1.32. The van der Waals surface area contributed by atoms with Gasteiger partial charge in [0.1, 0.15) is 16.6 Å². The zero-order valence-corrected chi connectivity index (χ0v) is 18.7. The van der Waals surface area contributed by atoms with Gasteiger partial charge >= 0.3 is 0 Å². The highest BCUT2D eigenvalue weighted by Crippen LogP contribution is 2.33. The minimum Gasteiger partial charge on any atom is -0.379 e. The van der Waals surface area contributed by atoms with Crippen molar-refractivity contribution in [2.75, 3.05) is 61.9 Å². The number of morpholine rings is 1. The zero-order chi connectivity index (χ0) is 21.9. The van der Waals surface area contributed by atoms with Crippen LogP contribution in [0.4, 0.5) is 21.8 Å². The van der Waals surface area contributed by atoms with Gasteiger partial charge in [-0.05, 0) is 29.8 Å². The molecule has 0 spiro atoms. The highest BCUT2D eigenvalue weighted by Gasteiger charge is 2.29. The summed E-state index contributed by atoms with van der Waals surface area (Å²) < 4.78 is 5.48. The van der Waals surface area contributed by atoms with Crippen LogP contribution in [0.15, 0.2) is 30.9 Å². The number of anilines is 4. The summed E-state index contributed by atoms with van der Waals surface area (Å²) in [6.45, 7) is 9.89. The Morgan fingerprint density at radius 2 is 2.09 bits per heavy atom. The van der Waals surface area contributed by atoms with Crippen molar-refractivity contribution in [2.24, 2.45) is 0 Å². The fourth-order valence-corrected chi connectivity index (χ4v) is 4.85. The van der Waals surface area contributed by atoms with E-state index in [9.17, 15) is 4.79 Å². The first kappa shape index (κ1) is 20.9. The van der Waals surface area contributed by atoms with Crippen LogP contribution in [0.2, 0.25) is 0 Å². The monoisotopic (exact) mass is 453 g/mol. The third-order valence-corrected chi connectivity index (χ3v) is 6.60. The van der Waals surface area contributed by atoms with Crippen molar-refractivity contribution in [3.05, 3.63) is 42.1 Å². The number of carbonyl (C=O) groups excluding carboxylic acids is 1. The topological polar surface area (TPSA) is 94.7 Å². The Kier molecular flexibility index (Phi) is 6.06. The number of fused-ring (bicyclic) bond motifs is 1. The quantitative estimate of drug-likeness (QED) is 0.550. The molecule has 0 aromatic carbocycles. The Labute approximate surface area is 191 Å². The lowest BCUT2D eigenvalue weighted by atomic mass is 10.1. The molecule has 0 aliphatic carbocycles. The van der Waals surface area contributed by atoms with Crippen LogP contribution in [-0.4, -0.2) is 77.7 Å². The van der Waals surface area contributed by atoms with Crippen LogP contribution in [0.1, 0.15) is 11.3 Å². The molecule has 10 heteroatoms. The maximum Gasteiger partial charge on any atom is 0.246 e. The van der Waals surface area contributed by atoms with Crippen molar-refractivity contribution in [3.63, 3.8) is 0 Å². The molecule has 32 heavy (non-hydrogen) atoms. The van der Waals surface area contributed by atoms with Crippen LogP contribution in [0.25, 0.3) is 6.08 Å². The molecule has 3 aliphatic rings. The predicted octanol–water partition coefficient (Wildman–Crippen LogP) is 2.36. The molecule has 5 heterocycles. The van der Waals surface area contributed by atoms with E-state index < -0.39 is 0 Å². The van der Waals surface area contributed by atoms with E-state index in [4.69, 9.17) is 9.72 Å². The number of hydrogen-bond donors (Lipinski definition) is 3. The van der Waals surface area contributed by atoms with E-state index in [2.05, 4.69) is 50.6 Å². The molecule has 0 bridgehead atoms. The molecule has 2 saturated heterocycles. The smallest absolute Gasteiger partial charge is 0.246 e. The van der Waals surface area contributed by atoms with E-state index in [-0.39, 0.29) is 11.9 Å². The van der Waals surface area contributed by atoms with Crippen LogP contribution >= 0.6 is 11.3 Å². The predicted molar refractivity (Wildman–Crippen MR) is 127 cm³/mol. The number of hydrogen-bond acceptors (Lipinski definition) is 9. The Hall–Kier alpha value is -2.95. The van der Waals surface area contributed by atoms with Crippen LogP contribution < -0.4 is 16.0 Å². The SMILES string of the molecule is C=CC(=O)N1CC(Nc2cc(CN3CCOCC3)cc(Nc3nc4c(s3)NCC=C4)n2)C1. The van der Waals surface area contributed by atoms with Gasteiger partial charge in [0.25, 0.3) is 0 Å². The number of carbonyl (C=O) groups is 1. The zero-order valence-electron chi connectivity index (χ0n) is 17.8. The van der Waals surface area contributed by atoms with Gasteiger partial charge in [-0.1, -0.05) is 24.0 Å². The van der Waals surface area contributed by atoms with Crippen molar-refractivity contribution < 1.29 is 9.53 Å². The minimum absolute atomic E-state index is 0.0326. The summed E-state index contributed by atoms with van der Waals surface area (Å²) in [7, 11) is 0.